The van der Waals surface area contributed by atoms with Crippen LogP contribution in [-0.2, 0) is 15.8 Å². The van der Waals surface area contributed by atoms with Gasteiger partial charge < -0.3 is 0 Å². The van der Waals surface area contributed by atoms with Gasteiger partial charge in [0.2, 0.25) is 10.0 Å². The minimum Gasteiger partial charge on any atom is -0.228 e. The van der Waals surface area contributed by atoms with E-state index in [1.54, 1.807) is 12.1 Å². The highest BCUT2D eigenvalue weighted by molar-refractivity contribution is 9.10. The highest BCUT2D eigenvalue weighted by Gasteiger charge is 2.05. The second-order valence-corrected chi connectivity index (χ2v) is 5.47. The van der Waals surface area contributed by atoms with Crippen LogP contribution in [0.1, 0.15) is 11.1 Å². The Labute approximate surface area is 86.1 Å². The summed E-state index contributed by atoms with van der Waals surface area (Å²) in [5.41, 5.74) is 1.71. The molecule has 1 rings (SSSR count). The fraction of sp³-hybridized carbons (Fsp3) is 0.250. The van der Waals surface area contributed by atoms with Crippen molar-refractivity contribution in [2.24, 2.45) is 5.14 Å². The molecule has 3 nitrogen and oxygen atoms in total. The van der Waals surface area contributed by atoms with Gasteiger partial charge in [-0.05, 0) is 30.2 Å². The Morgan fingerprint density at radius 1 is 1.38 bits per heavy atom. The molecule has 0 fully saturated rings. The maximum atomic E-state index is 10.8. The van der Waals surface area contributed by atoms with E-state index in [1.807, 2.05) is 13.0 Å². The van der Waals surface area contributed by atoms with E-state index in [1.165, 1.54) is 0 Å². The summed E-state index contributed by atoms with van der Waals surface area (Å²) >= 11 is 3.28. The van der Waals surface area contributed by atoms with Crippen molar-refractivity contribution in [3.05, 3.63) is 33.8 Å². The average Bonchev–Trinajstić information content (AvgIpc) is 1.78. The van der Waals surface area contributed by atoms with E-state index in [0.29, 0.717) is 5.56 Å². The van der Waals surface area contributed by atoms with Crippen LogP contribution >= 0.6 is 15.9 Å². The number of sulfonamides is 1. The number of hydrogen-bond donors (Lipinski definition) is 1. The second kappa shape index (κ2) is 3.77. The van der Waals surface area contributed by atoms with Gasteiger partial charge >= 0.3 is 0 Å². The number of halogens is 1. The van der Waals surface area contributed by atoms with E-state index in [2.05, 4.69) is 15.9 Å². The fourth-order valence-corrected chi connectivity index (χ4v) is 2.41. The molecule has 5 heteroatoms. The van der Waals surface area contributed by atoms with E-state index >= 15 is 0 Å². The third-order valence-corrected chi connectivity index (χ3v) is 2.66. The molecule has 0 aliphatic carbocycles. The van der Waals surface area contributed by atoms with Gasteiger partial charge in [-0.3, -0.25) is 0 Å². The van der Waals surface area contributed by atoms with Crippen molar-refractivity contribution in [2.45, 2.75) is 12.7 Å². The van der Waals surface area contributed by atoms with E-state index < -0.39 is 10.0 Å². The van der Waals surface area contributed by atoms with Crippen molar-refractivity contribution in [2.75, 3.05) is 0 Å². The summed E-state index contributed by atoms with van der Waals surface area (Å²) in [4.78, 5) is 0. The Morgan fingerprint density at radius 2 is 2.00 bits per heavy atom. The fourth-order valence-electron chi connectivity index (χ4n) is 1.13. The van der Waals surface area contributed by atoms with Gasteiger partial charge in [0.25, 0.3) is 0 Å². The number of rotatable bonds is 2. The molecule has 0 aliphatic rings. The minimum atomic E-state index is -3.43. The third-order valence-electron chi connectivity index (χ3n) is 1.47. The lowest BCUT2D eigenvalue weighted by Crippen LogP contribution is -2.14. The molecule has 0 saturated heterocycles. The molecule has 0 unspecified atom stereocenters. The first-order chi connectivity index (χ1) is 5.87. The van der Waals surface area contributed by atoms with Crippen molar-refractivity contribution in [1.29, 1.82) is 0 Å². The molecule has 0 spiro atoms. The van der Waals surface area contributed by atoms with Crippen LogP contribution < -0.4 is 5.14 Å². The predicted molar refractivity (Wildman–Crippen MR) is 55.7 cm³/mol. The first kappa shape index (κ1) is 10.7. The first-order valence-corrected chi connectivity index (χ1v) is 6.14. The minimum absolute atomic E-state index is 0.118. The average molecular weight is 264 g/mol. The van der Waals surface area contributed by atoms with Gasteiger partial charge in [0.05, 0.1) is 5.75 Å². The third kappa shape index (κ3) is 3.89. The van der Waals surface area contributed by atoms with E-state index in [4.69, 9.17) is 5.14 Å². The Kier molecular flexibility index (Phi) is 3.10. The summed E-state index contributed by atoms with van der Waals surface area (Å²) < 4.78 is 22.4. The van der Waals surface area contributed by atoms with Gasteiger partial charge in [0.15, 0.2) is 0 Å². The van der Waals surface area contributed by atoms with Crippen molar-refractivity contribution in [3.8, 4) is 0 Å². The van der Waals surface area contributed by atoms with Gasteiger partial charge in [-0.15, -0.1) is 0 Å². The molecule has 0 saturated carbocycles. The number of benzene rings is 1. The number of aryl methyl sites for hydroxylation is 1. The maximum absolute atomic E-state index is 10.8. The van der Waals surface area contributed by atoms with Crippen molar-refractivity contribution in [3.63, 3.8) is 0 Å². The first-order valence-electron chi connectivity index (χ1n) is 3.63. The lowest BCUT2D eigenvalue weighted by Gasteiger charge is -2.01. The van der Waals surface area contributed by atoms with Crippen molar-refractivity contribution < 1.29 is 8.42 Å². The Balaban J connectivity index is 3.03. The Hall–Kier alpha value is -0.390. The molecule has 0 bridgehead atoms. The van der Waals surface area contributed by atoms with Crippen LogP contribution in [-0.4, -0.2) is 8.42 Å². The number of primary sulfonamides is 1. The molecule has 0 radical (unpaired) electrons. The molecule has 1 aromatic rings. The Morgan fingerprint density at radius 3 is 2.46 bits per heavy atom. The largest absolute Gasteiger partial charge is 0.228 e. The molecule has 0 heterocycles. The lowest BCUT2D eigenvalue weighted by molar-refractivity contribution is 0.597. The molecule has 0 atom stereocenters. The van der Waals surface area contributed by atoms with E-state index in [0.717, 1.165) is 10.0 Å². The Bertz CT molecular complexity index is 394. The summed E-state index contributed by atoms with van der Waals surface area (Å²) in [6, 6.07) is 5.46. The van der Waals surface area contributed by atoms with E-state index in [9.17, 15) is 8.42 Å². The van der Waals surface area contributed by atoms with Crippen LogP contribution in [0.3, 0.4) is 0 Å². The van der Waals surface area contributed by atoms with Gasteiger partial charge in [-0.1, -0.05) is 22.0 Å². The summed E-state index contributed by atoms with van der Waals surface area (Å²) in [5.74, 6) is -0.118. The molecule has 1 aromatic carbocycles. The van der Waals surface area contributed by atoms with Gasteiger partial charge in [0, 0.05) is 4.47 Å². The van der Waals surface area contributed by atoms with Gasteiger partial charge in [-0.25, -0.2) is 13.6 Å². The quantitative estimate of drug-likeness (QED) is 0.880. The zero-order valence-electron chi connectivity index (χ0n) is 7.12. The summed E-state index contributed by atoms with van der Waals surface area (Å²) in [6.45, 7) is 1.90. The summed E-state index contributed by atoms with van der Waals surface area (Å²) in [7, 11) is -3.43. The predicted octanol–water partition coefficient (Wildman–Crippen LogP) is 1.55. The van der Waals surface area contributed by atoms with Crippen molar-refractivity contribution in [1.82, 2.24) is 0 Å². The normalized spacial score (nSPS) is 11.6. The van der Waals surface area contributed by atoms with Crippen LogP contribution in [0.5, 0.6) is 0 Å². The van der Waals surface area contributed by atoms with Crippen LogP contribution in [0, 0.1) is 6.92 Å². The van der Waals surface area contributed by atoms with Gasteiger partial charge in [0.1, 0.15) is 0 Å². The molecule has 13 heavy (non-hydrogen) atoms. The summed E-state index contributed by atoms with van der Waals surface area (Å²) in [5, 5.41) is 4.92. The molecule has 0 amide bonds. The lowest BCUT2D eigenvalue weighted by atomic mass is 10.2. The highest BCUT2D eigenvalue weighted by Crippen LogP contribution is 2.16. The van der Waals surface area contributed by atoms with Crippen LogP contribution in [0.4, 0.5) is 0 Å². The smallest absolute Gasteiger partial charge is 0.213 e. The zero-order valence-corrected chi connectivity index (χ0v) is 9.52. The molecule has 2 N–H and O–H groups in total. The summed E-state index contributed by atoms with van der Waals surface area (Å²) in [6.07, 6.45) is 0. The van der Waals surface area contributed by atoms with E-state index in [-0.39, 0.29) is 5.75 Å². The number of hydrogen-bond acceptors (Lipinski definition) is 2. The molecule has 0 aromatic heterocycles. The maximum Gasteiger partial charge on any atom is 0.213 e. The van der Waals surface area contributed by atoms with Crippen molar-refractivity contribution >= 4 is 26.0 Å². The molecule has 72 valence electrons. The topological polar surface area (TPSA) is 60.2 Å². The highest BCUT2D eigenvalue weighted by atomic mass is 79.9. The van der Waals surface area contributed by atoms with Crippen LogP contribution in [0.15, 0.2) is 22.7 Å². The van der Waals surface area contributed by atoms with Crippen LogP contribution in [0.25, 0.3) is 0 Å². The monoisotopic (exact) mass is 263 g/mol. The zero-order chi connectivity index (χ0) is 10.1. The molecular weight excluding hydrogens is 254 g/mol. The number of nitrogens with two attached hydrogens (primary N) is 1. The van der Waals surface area contributed by atoms with Crippen LogP contribution in [0.2, 0.25) is 0 Å². The molecular formula is C8H10BrNO2S. The SMILES string of the molecule is Cc1cc(Br)cc(CS(N)(=O)=O)c1. The van der Waals surface area contributed by atoms with Gasteiger partial charge in [-0.2, -0.15) is 0 Å². The standard InChI is InChI=1S/C8H10BrNO2S/c1-6-2-7(4-8(9)3-6)5-13(10,11)12/h2-4H,5H2,1H3,(H2,10,11,12). The molecule has 0 aliphatic heterocycles. The second-order valence-electron chi connectivity index (χ2n) is 2.94.